The summed E-state index contributed by atoms with van der Waals surface area (Å²) < 4.78 is 6.61. The molecule has 0 aliphatic rings. The molecule has 1 rings (SSSR count). The number of carboxylic acid groups (broad SMARTS) is 1. The van der Waals surface area contributed by atoms with Crippen LogP contribution in [0.5, 0.6) is 0 Å². The summed E-state index contributed by atoms with van der Waals surface area (Å²) in [6.07, 6.45) is 2.02. The van der Waals surface area contributed by atoms with E-state index in [-0.39, 0.29) is 13.2 Å². The SMILES string of the molecule is CCn1cc(C(OCCO)C(=O)O)cn1. The predicted molar refractivity (Wildman–Crippen MR) is 51.3 cm³/mol. The largest absolute Gasteiger partial charge is 0.479 e. The Morgan fingerprint density at radius 1 is 1.73 bits per heavy atom. The molecule has 0 fully saturated rings. The molecule has 0 bridgehead atoms. The Morgan fingerprint density at radius 2 is 2.47 bits per heavy atom. The van der Waals surface area contributed by atoms with Gasteiger partial charge < -0.3 is 14.9 Å². The van der Waals surface area contributed by atoms with E-state index in [0.29, 0.717) is 12.1 Å². The van der Waals surface area contributed by atoms with Gasteiger partial charge in [0.25, 0.3) is 0 Å². The number of aliphatic carboxylic acids is 1. The second-order valence-corrected chi connectivity index (χ2v) is 2.94. The third kappa shape index (κ3) is 3.03. The maximum Gasteiger partial charge on any atom is 0.337 e. The van der Waals surface area contributed by atoms with Crippen LogP contribution in [0.25, 0.3) is 0 Å². The molecule has 1 aromatic heterocycles. The van der Waals surface area contributed by atoms with Gasteiger partial charge in [-0.05, 0) is 6.92 Å². The Hall–Kier alpha value is -1.40. The molecule has 0 spiro atoms. The summed E-state index contributed by atoms with van der Waals surface area (Å²) in [5.41, 5.74) is 0.484. The molecule has 6 heteroatoms. The van der Waals surface area contributed by atoms with Crippen LogP contribution in [0.4, 0.5) is 0 Å². The average Bonchev–Trinajstić information content (AvgIpc) is 2.66. The van der Waals surface area contributed by atoms with Crippen LogP contribution in [0.2, 0.25) is 0 Å². The van der Waals surface area contributed by atoms with Gasteiger partial charge in [0.05, 0.1) is 19.4 Å². The van der Waals surface area contributed by atoms with Crippen LogP contribution in [-0.2, 0) is 16.1 Å². The van der Waals surface area contributed by atoms with Gasteiger partial charge in [-0.2, -0.15) is 5.10 Å². The molecule has 0 aliphatic heterocycles. The van der Waals surface area contributed by atoms with E-state index < -0.39 is 12.1 Å². The number of rotatable bonds is 6. The molecule has 6 nitrogen and oxygen atoms in total. The summed E-state index contributed by atoms with van der Waals surface area (Å²) in [6, 6.07) is 0. The van der Waals surface area contributed by atoms with Gasteiger partial charge in [0.2, 0.25) is 0 Å². The van der Waals surface area contributed by atoms with Crippen molar-refractivity contribution < 1.29 is 19.7 Å². The smallest absolute Gasteiger partial charge is 0.337 e. The number of hydrogen-bond donors (Lipinski definition) is 2. The Kier molecular flexibility index (Phi) is 4.26. The lowest BCUT2D eigenvalue weighted by atomic mass is 10.2. The molecule has 1 aromatic rings. The van der Waals surface area contributed by atoms with Gasteiger partial charge in [-0.3, -0.25) is 4.68 Å². The molecule has 0 aromatic carbocycles. The molecule has 1 atom stereocenters. The van der Waals surface area contributed by atoms with Gasteiger partial charge in [0.15, 0.2) is 6.10 Å². The van der Waals surface area contributed by atoms with E-state index in [2.05, 4.69) is 5.10 Å². The molecule has 0 radical (unpaired) electrons. The van der Waals surface area contributed by atoms with Gasteiger partial charge in [0, 0.05) is 18.3 Å². The van der Waals surface area contributed by atoms with Crippen molar-refractivity contribution in [1.82, 2.24) is 9.78 Å². The molecule has 84 valence electrons. The standard InChI is InChI=1S/C9H14N2O4/c1-2-11-6-7(5-10-11)8(9(13)14)15-4-3-12/h5-6,8,12H,2-4H2,1H3,(H,13,14). The lowest BCUT2D eigenvalue weighted by Gasteiger charge is -2.10. The quantitative estimate of drug-likeness (QED) is 0.698. The Balaban J connectivity index is 2.74. The lowest BCUT2D eigenvalue weighted by Crippen LogP contribution is -2.16. The third-order valence-electron chi connectivity index (χ3n) is 1.88. The fourth-order valence-electron chi connectivity index (χ4n) is 1.17. The molecule has 15 heavy (non-hydrogen) atoms. The molecule has 0 amide bonds. The molecular formula is C9H14N2O4. The zero-order valence-corrected chi connectivity index (χ0v) is 8.46. The minimum Gasteiger partial charge on any atom is -0.479 e. The van der Waals surface area contributed by atoms with E-state index >= 15 is 0 Å². The van der Waals surface area contributed by atoms with Gasteiger partial charge in [-0.1, -0.05) is 0 Å². The Bertz CT molecular complexity index is 324. The van der Waals surface area contributed by atoms with Crippen molar-refractivity contribution >= 4 is 5.97 Å². The van der Waals surface area contributed by atoms with Crippen LogP contribution in [0.1, 0.15) is 18.6 Å². The number of carboxylic acids is 1. The summed E-state index contributed by atoms with van der Waals surface area (Å²) >= 11 is 0. The fourth-order valence-corrected chi connectivity index (χ4v) is 1.17. The third-order valence-corrected chi connectivity index (χ3v) is 1.88. The van der Waals surface area contributed by atoms with Crippen molar-refractivity contribution in [3.63, 3.8) is 0 Å². The highest BCUT2D eigenvalue weighted by Crippen LogP contribution is 2.16. The van der Waals surface area contributed by atoms with Crippen molar-refractivity contribution in [2.45, 2.75) is 19.6 Å². The minimum absolute atomic E-state index is 0.00568. The zero-order chi connectivity index (χ0) is 11.3. The summed E-state index contributed by atoms with van der Waals surface area (Å²) in [4.78, 5) is 10.9. The van der Waals surface area contributed by atoms with Crippen molar-refractivity contribution in [3.05, 3.63) is 18.0 Å². The van der Waals surface area contributed by atoms with Crippen LogP contribution >= 0.6 is 0 Å². The van der Waals surface area contributed by atoms with Gasteiger partial charge >= 0.3 is 5.97 Å². The number of ether oxygens (including phenoxy) is 1. The highest BCUT2D eigenvalue weighted by molar-refractivity contribution is 5.74. The van der Waals surface area contributed by atoms with Crippen molar-refractivity contribution in [1.29, 1.82) is 0 Å². The second-order valence-electron chi connectivity index (χ2n) is 2.94. The van der Waals surface area contributed by atoms with Gasteiger partial charge in [-0.15, -0.1) is 0 Å². The number of nitrogens with zero attached hydrogens (tertiary/aromatic N) is 2. The van der Waals surface area contributed by atoms with E-state index in [1.165, 1.54) is 6.20 Å². The fraction of sp³-hybridized carbons (Fsp3) is 0.556. The van der Waals surface area contributed by atoms with Crippen molar-refractivity contribution in [3.8, 4) is 0 Å². The molecule has 0 saturated heterocycles. The van der Waals surface area contributed by atoms with Crippen LogP contribution in [-0.4, -0.2) is 39.2 Å². The van der Waals surface area contributed by atoms with E-state index in [1.807, 2.05) is 6.92 Å². The summed E-state index contributed by atoms with van der Waals surface area (Å²) in [6.45, 7) is 2.37. The summed E-state index contributed by atoms with van der Waals surface area (Å²) in [7, 11) is 0. The molecule has 1 unspecified atom stereocenters. The number of aliphatic hydroxyl groups excluding tert-OH is 1. The maximum absolute atomic E-state index is 10.9. The molecule has 0 aliphatic carbocycles. The van der Waals surface area contributed by atoms with Crippen LogP contribution in [0, 0.1) is 0 Å². The second kappa shape index (κ2) is 5.47. The number of hydrogen-bond acceptors (Lipinski definition) is 4. The molecular weight excluding hydrogens is 200 g/mol. The normalized spacial score (nSPS) is 12.7. The number of aryl methyl sites for hydroxylation is 1. The Morgan fingerprint density at radius 3 is 2.93 bits per heavy atom. The number of aromatic nitrogens is 2. The van der Waals surface area contributed by atoms with Crippen LogP contribution < -0.4 is 0 Å². The molecule has 2 N–H and O–H groups in total. The average molecular weight is 214 g/mol. The van der Waals surface area contributed by atoms with Gasteiger partial charge in [0.1, 0.15) is 0 Å². The first-order valence-corrected chi connectivity index (χ1v) is 4.66. The first-order chi connectivity index (χ1) is 7.19. The first kappa shape index (κ1) is 11.7. The van der Waals surface area contributed by atoms with E-state index in [4.69, 9.17) is 14.9 Å². The van der Waals surface area contributed by atoms with Crippen molar-refractivity contribution in [2.75, 3.05) is 13.2 Å². The minimum atomic E-state index is -1.08. The zero-order valence-electron chi connectivity index (χ0n) is 8.46. The lowest BCUT2D eigenvalue weighted by molar-refractivity contribution is -0.151. The first-order valence-electron chi connectivity index (χ1n) is 4.66. The monoisotopic (exact) mass is 214 g/mol. The molecule has 1 heterocycles. The number of aliphatic hydroxyl groups is 1. The summed E-state index contributed by atoms with van der Waals surface area (Å²) in [5, 5.41) is 21.4. The van der Waals surface area contributed by atoms with E-state index in [9.17, 15) is 4.79 Å². The maximum atomic E-state index is 10.9. The summed E-state index contributed by atoms with van der Waals surface area (Å²) in [5.74, 6) is -1.08. The highest BCUT2D eigenvalue weighted by Gasteiger charge is 2.21. The Labute approximate surface area is 87.1 Å². The van der Waals surface area contributed by atoms with Crippen LogP contribution in [0.15, 0.2) is 12.4 Å². The predicted octanol–water partition coefficient (Wildman–Crippen LogP) is 0.0376. The van der Waals surface area contributed by atoms with Crippen LogP contribution in [0.3, 0.4) is 0 Å². The van der Waals surface area contributed by atoms with Gasteiger partial charge in [-0.25, -0.2) is 4.79 Å². The van der Waals surface area contributed by atoms with Crippen molar-refractivity contribution in [2.24, 2.45) is 0 Å². The highest BCUT2D eigenvalue weighted by atomic mass is 16.5. The molecule has 0 saturated carbocycles. The van der Waals surface area contributed by atoms with E-state index in [1.54, 1.807) is 10.9 Å². The topological polar surface area (TPSA) is 84.6 Å². The number of carbonyl (C=O) groups is 1. The van der Waals surface area contributed by atoms with E-state index in [0.717, 1.165) is 0 Å².